The predicted molar refractivity (Wildman–Crippen MR) is 73.3 cm³/mol. The van der Waals surface area contributed by atoms with Crippen molar-refractivity contribution < 1.29 is 9.72 Å². The maximum Gasteiger partial charge on any atom is 0.270 e. The lowest BCUT2D eigenvalue weighted by Gasteiger charge is -2.10. The van der Waals surface area contributed by atoms with Crippen LogP contribution in [0.15, 0.2) is 18.2 Å². The Morgan fingerprint density at radius 3 is 2.63 bits per heavy atom. The summed E-state index contributed by atoms with van der Waals surface area (Å²) >= 11 is 0. The fourth-order valence-corrected chi connectivity index (χ4v) is 1.60. The fraction of sp³-hybridized carbons (Fsp3) is 0.462. The number of nitro groups is 1. The van der Waals surface area contributed by atoms with Crippen molar-refractivity contribution >= 4 is 11.6 Å². The summed E-state index contributed by atoms with van der Waals surface area (Å²) in [4.78, 5) is 22.1. The van der Waals surface area contributed by atoms with Gasteiger partial charge in [0, 0.05) is 36.8 Å². The average Bonchev–Trinajstić information content (AvgIpc) is 2.34. The summed E-state index contributed by atoms with van der Waals surface area (Å²) in [6.45, 7) is 6.95. The summed E-state index contributed by atoms with van der Waals surface area (Å²) in [7, 11) is 0. The Kier molecular flexibility index (Phi) is 5.44. The highest BCUT2D eigenvalue weighted by Crippen LogP contribution is 2.17. The van der Waals surface area contributed by atoms with Gasteiger partial charge in [-0.25, -0.2) is 0 Å². The Hall–Kier alpha value is -1.95. The van der Waals surface area contributed by atoms with Crippen LogP contribution >= 0.6 is 0 Å². The second kappa shape index (κ2) is 6.84. The molecule has 2 N–H and O–H groups in total. The minimum absolute atomic E-state index is 0.0731. The van der Waals surface area contributed by atoms with Gasteiger partial charge in [0.15, 0.2) is 0 Å². The van der Waals surface area contributed by atoms with Crippen LogP contribution in [0.5, 0.6) is 0 Å². The van der Waals surface area contributed by atoms with E-state index in [0.29, 0.717) is 24.7 Å². The van der Waals surface area contributed by atoms with Gasteiger partial charge in [-0.3, -0.25) is 14.9 Å². The van der Waals surface area contributed by atoms with Crippen LogP contribution in [0.25, 0.3) is 0 Å². The summed E-state index contributed by atoms with van der Waals surface area (Å²) < 4.78 is 0. The van der Waals surface area contributed by atoms with Gasteiger partial charge < -0.3 is 10.6 Å². The van der Waals surface area contributed by atoms with Gasteiger partial charge in [0.25, 0.3) is 11.6 Å². The van der Waals surface area contributed by atoms with Gasteiger partial charge in [-0.15, -0.1) is 0 Å². The van der Waals surface area contributed by atoms with Crippen molar-refractivity contribution in [3.05, 3.63) is 39.4 Å². The number of rotatable bonds is 6. The van der Waals surface area contributed by atoms with Crippen LogP contribution in [-0.4, -0.2) is 30.0 Å². The third-order valence-corrected chi connectivity index (χ3v) is 2.64. The highest BCUT2D eigenvalue weighted by Gasteiger charge is 2.14. The third-order valence-electron chi connectivity index (χ3n) is 2.64. The molecule has 0 aliphatic rings. The number of nitro benzene ring substituents is 1. The van der Waals surface area contributed by atoms with Gasteiger partial charge in [-0.2, -0.15) is 0 Å². The van der Waals surface area contributed by atoms with Gasteiger partial charge in [0.05, 0.1) is 4.92 Å². The summed E-state index contributed by atoms with van der Waals surface area (Å²) in [5, 5.41) is 16.6. The number of aryl methyl sites for hydroxylation is 1. The average molecular weight is 265 g/mol. The largest absolute Gasteiger partial charge is 0.351 e. The molecule has 1 rings (SSSR count). The zero-order chi connectivity index (χ0) is 14.4. The van der Waals surface area contributed by atoms with Gasteiger partial charge in [-0.05, 0) is 12.5 Å². The number of nitrogens with zero attached hydrogens (tertiary/aromatic N) is 1. The van der Waals surface area contributed by atoms with E-state index in [-0.39, 0.29) is 11.6 Å². The van der Waals surface area contributed by atoms with Crippen molar-refractivity contribution in [2.45, 2.75) is 26.8 Å². The normalized spacial score (nSPS) is 10.5. The minimum atomic E-state index is -0.503. The minimum Gasteiger partial charge on any atom is -0.351 e. The van der Waals surface area contributed by atoms with E-state index in [4.69, 9.17) is 0 Å². The molecule has 6 heteroatoms. The van der Waals surface area contributed by atoms with Crippen LogP contribution in [0.2, 0.25) is 0 Å². The molecular weight excluding hydrogens is 246 g/mol. The topological polar surface area (TPSA) is 84.3 Å². The van der Waals surface area contributed by atoms with Gasteiger partial charge >= 0.3 is 0 Å². The van der Waals surface area contributed by atoms with E-state index in [2.05, 4.69) is 10.6 Å². The molecule has 1 aromatic rings. The Morgan fingerprint density at radius 2 is 2.05 bits per heavy atom. The fourth-order valence-electron chi connectivity index (χ4n) is 1.60. The molecule has 0 aliphatic carbocycles. The second-order valence-corrected chi connectivity index (χ2v) is 4.62. The summed E-state index contributed by atoms with van der Waals surface area (Å²) in [5.74, 6) is -0.285. The van der Waals surface area contributed by atoms with Crippen LogP contribution in [0.3, 0.4) is 0 Å². The van der Waals surface area contributed by atoms with Crippen molar-refractivity contribution in [2.75, 3.05) is 13.1 Å². The van der Waals surface area contributed by atoms with Crippen LogP contribution < -0.4 is 10.6 Å². The molecule has 0 radical (unpaired) electrons. The lowest BCUT2D eigenvalue weighted by Crippen LogP contribution is -2.34. The monoisotopic (exact) mass is 265 g/mol. The maximum atomic E-state index is 11.9. The number of carbonyl (C=O) groups is 1. The van der Waals surface area contributed by atoms with E-state index in [1.165, 1.54) is 12.1 Å². The molecule has 0 saturated heterocycles. The SMILES string of the molecule is Cc1ccc([N+](=O)[O-])cc1C(=O)NCCNC(C)C. The first-order chi connectivity index (χ1) is 8.91. The zero-order valence-corrected chi connectivity index (χ0v) is 11.4. The number of non-ortho nitro benzene ring substituents is 1. The molecule has 6 nitrogen and oxygen atoms in total. The van der Waals surface area contributed by atoms with Crippen molar-refractivity contribution in [3.8, 4) is 0 Å². The molecule has 1 amide bonds. The molecule has 0 aromatic heterocycles. The molecule has 0 unspecified atom stereocenters. The highest BCUT2D eigenvalue weighted by atomic mass is 16.6. The Bertz CT molecular complexity index is 472. The first kappa shape index (κ1) is 15.1. The van der Waals surface area contributed by atoms with E-state index in [9.17, 15) is 14.9 Å². The van der Waals surface area contributed by atoms with Crippen LogP contribution in [-0.2, 0) is 0 Å². The van der Waals surface area contributed by atoms with Gasteiger partial charge in [0.1, 0.15) is 0 Å². The summed E-state index contributed by atoms with van der Waals surface area (Å²) in [6.07, 6.45) is 0. The molecule has 0 atom stereocenters. The van der Waals surface area contributed by atoms with E-state index in [1.54, 1.807) is 13.0 Å². The molecule has 0 aliphatic heterocycles. The number of nitrogens with one attached hydrogen (secondary N) is 2. The van der Waals surface area contributed by atoms with Gasteiger partial charge in [0.2, 0.25) is 0 Å². The molecule has 19 heavy (non-hydrogen) atoms. The zero-order valence-electron chi connectivity index (χ0n) is 11.4. The number of amides is 1. The molecule has 0 heterocycles. The first-order valence-corrected chi connectivity index (χ1v) is 6.18. The van der Waals surface area contributed by atoms with E-state index in [0.717, 1.165) is 5.56 Å². The smallest absolute Gasteiger partial charge is 0.270 e. The molecule has 0 fully saturated rings. The second-order valence-electron chi connectivity index (χ2n) is 4.62. The number of hydrogen-bond donors (Lipinski definition) is 2. The van der Waals surface area contributed by atoms with E-state index < -0.39 is 4.92 Å². The maximum absolute atomic E-state index is 11.9. The molecule has 0 spiro atoms. The quantitative estimate of drug-likeness (QED) is 0.465. The Balaban J connectivity index is 2.66. The molecule has 0 saturated carbocycles. The standard InChI is InChI=1S/C13H19N3O3/c1-9(2)14-6-7-15-13(17)12-8-11(16(18)19)5-4-10(12)3/h4-5,8-9,14H,6-7H2,1-3H3,(H,15,17). The van der Waals surface area contributed by atoms with Gasteiger partial charge in [-0.1, -0.05) is 19.9 Å². The Morgan fingerprint density at radius 1 is 1.37 bits per heavy atom. The summed E-state index contributed by atoms with van der Waals surface area (Å²) in [6, 6.07) is 4.64. The molecule has 0 bridgehead atoms. The number of carbonyl (C=O) groups excluding carboxylic acids is 1. The first-order valence-electron chi connectivity index (χ1n) is 6.18. The molecule has 1 aromatic carbocycles. The van der Waals surface area contributed by atoms with Crippen LogP contribution in [0.4, 0.5) is 5.69 Å². The van der Waals surface area contributed by atoms with Crippen molar-refractivity contribution in [1.82, 2.24) is 10.6 Å². The predicted octanol–water partition coefficient (Wildman–Crippen LogP) is 1.63. The van der Waals surface area contributed by atoms with Crippen molar-refractivity contribution in [1.29, 1.82) is 0 Å². The number of benzene rings is 1. The van der Waals surface area contributed by atoms with Crippen molar-refractivity contribution in [3.63, 3.8) is 0 Å². The van der Waals surface area contributed by atoms with Crippen LogP contribution in [0, 0.1) is 17.0 Å². The number of hydrogen-bond acceptors (Lipinski definition) is 4. The lowest BCUT2D eigenvalue weighted by molar-refractivity contribution is -0.384. The van der Waals surface area contributed by atoms with Crippen molar-refractivity contribution in [2.24, 2.45) is 0 Å². The highest BCUT2D eigenvalue weighted by molar-refractivity contribution is 5.96. The van der Waals surface area contributed by atoms with Crippen LogP contribution in [0.1, 0.15) is 29.8 Å². The van der Waals surface area contributed by atoms with E-state index in [1.807, 2.05) is 13.8 Å². The van der Waals surface area contributed by atoms with E-state index >= 15 is 0 Å². The molecule has 104 valence electrons. The summed E-state index contributed by atoms with van der Waals surface area (Å²) in [5.41, 5.74) is 0.995. The molecular formula is C13H19N3O3. The lowest BCUT2D eigenvalue weighted by atomic mass is 10.1. The third kappa shape index (κ3) is 4.67. The Labute approximate surface area is 112 Å².